The first-order valence-corrected chi connectivity index (χ1v) is 17.2. The first-order chi connectivity index (χ1) is 14.9. The Hall–Kier alpha value is -1.50. The van der Waals surface area contributed by atoms with Gasteiger partial charge < -0.3 is 0 Å². The Morgan fingerprint density at radius 3 is 2.56 bits per heavy atom. The van der Waals surface area contributed by atoms with Crippen molar-refractivity contribution in [1.82, 2.24) is 4.31 Å². The van der Waals surface area contributed by atoms with Crippen LogP contribution in [0.1, 0.15) is 71.6 Å². The lowest BCUT2D eigenvalue weighted by molar-refractivity contribution is -0.129. The minimum atomic E-state index is -3.49. The van der Waals surface area contributed by atoms with Crippen molar-refractivity contribution in [1.29, 1.82) is 0 Å². The van der Waals surface area contributed by atoms with Crippen LogP contribution in [0.2, 0.25) is 19.6 Å². The first kappa shape index (κ1) is 25.1. The van der Waals surface area contributed by atoms with Crippen molar-refractivity contribution in [2.24, 2.45) is 16.7 Å². The van der Waals surface area contributed by atoms with Crippen molar-refractivity contribution < 1.29 is 13.2 Å². The third kappa shape index (κ3) is 5.02. The Morgan fingerprint density at radius 1 is 1.16 bits per heavy atom. The van der Waals surface area contributed by atoms with E-state index < -0.39 is 18.1 Å². The summed E-state index contributed by atoms with van der Waals surface area (Å²) in [6.07, 6.45) is 11.2. The molecule has 1 heterocycles. The molecule has 0 aromatic carbocycles. The molecule has 6 heteroatoms. The van der Waals surface area contributed by atoms with Gasteiger partial charge in [-0.1, -0.05) is 45.5 Å². The van der Waals surface area contributed by atoms with Gasteiger partial charge in [-0.25, -0.2) is 12.7 Å². The third-order valence-electron chi connectivity index (χ3n) is 7.81. The second kappa shape index (κ2) is 9.39. The van der Waals surface area contributed by atoms with Gasteiger partial charge >= 0.3 is 0 Å². The normalized spacial score (nSPS) is 29.3. The highest BCUT2D eigenvalue weighted by Crippen LogP contribution is 2.70. The Labute approximate surface area is 196 Å². The second-order valence-corrected chi connectivity index (χ2v) is 17.9. The molecule has 0 aromatic rings. The summed E-state index contributed by atoms with van der Waals surface area (Å²) in [6.45, 7) is 11.1. The number of hydrogen-bond donors (Lipinski definition) is 0. The van der Waals surface area contributed by atoms with Gasteiger partial charge in [0.25, 0.3) is 0 Å². The number of carbonyl (C=O) groups is 1. The summed E-state index contributed by atoms with van der Waals surface area (Å²) in [6, 6.07) is -0.114. The highest BCUT2D eigenvalue weighted by atomic mass is 32.2. The zero-order valence-corrected chi connectivity index (χ0v) is 22.3. The number of hydrogen-bond acceptors (Lipinski definition) is 3. The van der Waals surface area contributed by atoms with Crippen LogP contribution in [0.15, 0.2) is 12.2 Å². The fourth-order valence-electron chi connectivity index (χ4n) is 5.95. The quantitative estimate of drug-likeness (QED) is 0.305. The van der Waals surface area contributed by atoms with Crippen LogP contribution >= 0.6 is 0 Å². The monoisotopic (exact) mass is 473 g/mol. The third-order valence-corrected chi connectivity index (χ3v) is 10.6. The van der Waals surface area contributed by atoms with E-state index in [0.29, 0.717) is 18.8 Å². The van der Waals surface area contributed by atoms with Gasteiger partial charge in [0, 0.05) is 24.7 Å². The van der Waals surface area contributed by atoms with E-state index >= 15 is 0 Å². The number of rotatable bonds is 6. The van der Waals surface area contributed by atoms with Gasteiger partial charge in [0.05, 0.1) is 11.8 Å². The van der Waals surface area contributed by atoms with Crippen molar-refractivity contribution in [3.05, 3.63) is 12.2 Å². The van der Waals surface area contributed by atoms with E-state index in [1.54, 1.807) is 0 Å². The second-order valence-electron chi connectivity index (χ2n) is 11.3. The maximum Gasteiger partial charge on any atom is 0.238 e. The standard InChI is InChI=1S/C26H39NO3SSi/c1-25(2)22-17-18-26(25)21-31(29,30)27(23(26)20-22)24(28)16-14-12-10-8-6-7-9-11-13-15-19-32(3,4)5/h11,13,22-23H,7,9-10,12,14,16-18,20-21H2,1-5H3/b13-11-/t22-,23-,26-/m1/s1. The van der Waals surface area contributed by atoms with Crippen molar-refractivity contribution in [3.63, 3.8) is 0 Å². The summed E-state index contributed by atoms with van der Waals surface area (Å²) in [7, 11) is -4.79. The number of nitrogens with zero attached hydrogens (tertiary/aromatic N) is 1. The molecule has 1 spiro atoms. The summed E-state index contributed by atoms with van der Waals surface area (Å²) in [5.41, 5.74) is 3.08. The molecule has 0 aromatic heterocycles. The van der Waals surface area contributed by atoms with Gasteiger partial charge in [0.15, 0.2) is 0 Å². The predicted octanol–water partition coefficient (Wildman–Crippen LogP) is 5.13. The Morgan fingerprint density at radius 2 is 1.88 bits per heavy atom. The maximum atomic E-state index is 12.9. The van der Waals surface area contributed by atoms with Gasteiger partial charge in [-0.05, 0) is 55.9 Å². The molecule has 1 saturated heterocycles. The van der Waals surface area contributed by atoms with Crippen molar-refractivity contribution in [2.45, 2.75) is 97.3 Å². The smallest absolute Gasteiger partial charge is 0.238 e. The Bertz CT molecular complexity index is 984. The van der Waals surface area contributed by atoms with E-state index in [1.165, 1.54) is 4.31 Å². The molecule has 1 aliphatic heterocycles. The fraction of sp³-hybridized carbons (Fsp3) is 0.731. The Balaban J connectivity index is 1.40. The lowest BCUT2D eigenvalue weighted by Crippen LogP contribution is -2.44. The molecule has 0 unspecified atom stereocenters. The molecule has 3 atom stereocenters. The van der Waals surface area contributed by atoms with Crippen LogP contribution < -0.4 is 0 Å². The molecule has 4 nitrogen and oxygen atoms in total. The summed E-state index contributed by atoms with van der Waals surface area (Å²) < 4.78 is 27.1. The number of fused-ring (bicyclic) bond motifs is 1. The number of unbranched alkanes of at least 4 members (excludes halogenated alkanes) is 3. The molecule has 2 saturated carbocycles. The fourth-order valence-corrected chi connectivity index (χ4v) is 9.04. The lowest BCUT2D eigenvalue weighted by atomic mass is 9.69. The number of allylic oxidation sites excluding steroid dienone is 2. The average Bonchev–Trinajstić information content (AvgIpc) is 3.15. The molecule has 176 valence electrons. The first-order valence-electron chi connectivity index (χ1n) is 12.1. The zero-order chi connectivity index (χ0) is 23.6. The van der Waals surface area contributed by atoms with E-state index in [1.807, 2.05) is 6.08 Å². The number of carbonyl (C=O) groups excluding carboxylic acids is 1. The van der Waals surface area contributed by atoms with Crippen molar-refractivity contribution >= 4 is 24.0 Å². The predicted molar refractivity (Wildman–Crippen MR) is 134 cm³/mol. The van der Waals surface area contributed by atoms with Gasteiger partial charge in [0.1, 0.15) is 8.07 Å². The maximum absolute atomic E-state index is 12.9. The van der Waals surface area contributed by atoms with Crippen LogP contribution in [0, 0.1) is 40.1 Å². The number of sulfonamides is 1. The highest BCUT2D eigenvalue weighted by Gasteiger charge is 2.72. The van der Waals surface area contributed by atoms with E-state index in [-0.39, 0.29) is 28.5 Å². The van der Waals surface area contributed by atoms with Crippen LogP contribution in [-0.4, -0.2) is 38.5 Å². The lowest BCUT2D eigenvalue weighted by Gasteiger charge is -2.37. The van der Waals surface area contributed by atoms with Crippen LogP contribution in [0.5, 0.6) is 0 Å². The summed E-state index contributed by atoms with van der Waals surface area (Å²) in [5, 5.41) is 0. The minimum absolute atomic E-state index is 0.00539. The molecule has 3 aliphatic rings. The minimum Gasteiger partial charge on any atom is -0.274 e. The Kier molecular flexibility index (Phi) is 7.38. The number of amides is 1. The van der Waals surface area contributed by atoms with E-state index in [4.69, 9.17) is 0 Å². The average molecular weight is 474 g/mol. The molecule has 3 fully saturated rings. The zero-order valence-electron chi connectivity index (χ0n) is 20.5. The topological polar surface area (TPSA) is 54.5 Å². The van der Waals surface area contributed by atoms with E-state index in [0.717, 1.165) is 44.9 Å². The molecule has 0 radical (unpaired) electrons. The van der Waals surface area contributed by atoms with E-state index in [9.17, 15) is 13.2 Å². The van der Waals surface area contributed by atoms with Gasteiger partial charge in [-0.15, -0.1) is 17.4 Å². The molecule has 2 bridgehead atoms. The molecule has 0 N–H and O–H groups in total. The van der Waals surface area contributed by atoms with E-state index in [2.05, 4.69) is 62.9 Å². The van der Waals surface area contributed by atoms with Crippen LogP contribution in [0.25, 0.3) is 0 Å². The van der Waals surface area contributed by atoms with Crippen LogP contribution in [0.4, 0.5) is 0 Å². The van der Waals surface area contributed by atoms with Crippen molar-refractivity contribution in [2.75, 3.05) is 5.75 Å². The molecule has 32 heavy (non-hydrogen) atoms. The van der Waals surface area contributed by atoms with Crippen molar-refractivity contribution in [3.8, 4) is 23.3 Å². The van der Waals surface area contributed by atoms with Crippen LogP contribution in [0.3, 0.4) is 0 Å². The van der Waals surface area contributed by atoms with Crippen LogP contribution in [-0.2, 0) is 14.8 Å². The largest absolute Gasteiger partial charge is 0.274 e. The SMILES string of the molecule is CC1(C)[C@@H]2CC[C@]13CS(=O)(=O)N(C(=O)CCCCC#CCC/C=C\C#C[Si](C)(C)C)[C@@H]3C2. The molecule has 2 aliphatic carbocycles. The van der Waals surface area contributed by atoms with Gasteiger partial charge in [-0.3, -0.25) is 4.79 Å². The van der Waals surface area contributed by atoms with Gasteiger partial charge in [0.2, 0.25) is 15.9 Å². The van der Waals surface area contributed by atoms with Gasteiger partial charge in [-0.2, -0.15) is 0 Å². The molecule has 3 rings (SSSR count). The molecule has 1 amide bonds. The summed E-state index contributed by atoms with van der Waals surface area (Å²) in [5.74, 6) is 9.95. The summed E-state index contributed by atoms with van der Waals surface area (Å²) >= 11 is 0. The highest BCUT2D eigenvalue weighted by molar-refractivity contribution is 7.90. The summed E-state index contributed by atoms with van der Waals surface area (Å²) in [4.78, 5) is 12.9. The molecular formula is C26H39NO3SSi. The molecular weight excluding hydrogens is 434 g/mol.